The van der Waals surface area contributed by atoms with E-state index in [1.54, 1.807) is 6.20 Å². The molecule has 1 saturated heterocycles. The van der Waals surface area contributed by atoms with E-state index in [1.807, 2.05) is 13.0 Å². The van der Waals surface area contributed by atoms with Crippen molar-refractivity contribution in [2.45, 2.75) is 33.2 Å². The highest BCUT2D eigenvalue weighted by molar-refractivity contribution is 5.75. The molecular weight excluding hydrogens is 238 g/mol. The minimum absolute atomic E-state index is 0.232. The molecule has 4 heteroatoms. The first-order valence-corrected chi connectivity index (χ1v) is 6.83. The zero-order chi connectivity index (χ0) is 14.0. The first-order valence-electron chi connectivity index (χ1n) is 6.83. The minimum Gasteiger partial charge on any atom is -0.354 e. The van der Waals surface area contributed by atoms with Crippen LogP contribution in [0.15, 0.2) is 12.3 Å². The molecule has 0 spiro atoms. The van der Waals surface area contributed by atoms with Crippen LogP contribution in [0.1, 0.15) is 36.7 Å². The topological polar surface area (TPSA) is 36.4 Å². The SMILES string of the molecule is Cc1cc(C=O)cnc1N1CCN(C(C)(C)C)CC1. The second-order valence-corrected chi connectivity index (χ2v) is 6.17. The van der Waals surface area contributed by atoms with Gasteiger partial charge in [0.15, 0.2) is 6.29 Å². The van der Waals surface area contributed by atoms with E-state index in [0.29, 0.717) is 5.56 Å². The Morgan fingerprint density at radius 1 is 1.21 bits per heavy atom. The number of nitrogens with zero attached hydrogens (tertiary/aromatic N) is 3. The summed E-state index contributed by atoms with van der Waals surface area (Å²) in [4.78, 5) is 20.0. The van der Waals surface area contributed by atoms with Crippen LogP contribution in [0.3, 0.4) is 0 Å². The molecule has 0 atom stereocenters. The van der Waals surface area contributed by atoms with Gasteiger partial charge in [-0.25, -0.2) is 4.98 Å². The van der Waals surface area contributed by atoms with E-state index in [-0.39, 0.29) is 5.54 Å². The third-order valence-corrected chi connectivity index (χ3v) is 3.74. The van der Waals surface area contributed by atoms with Crippen LogP contribution in [0.25, 0.3) is 0 Å². The van der Waals surface area contributed by atoms with E-state index in [2.05, 4.69) is 35.6 Å². The van der Waals surface area contributed by atoms with Gasteiger partial charge in [-0.15, -0.1) is 0 Å². The fourth-order valence-electron chi connectivity index (χ4n) is 2.57. The van der Waals surface area contributed by atoms with Gasteiger partial charge in [-0.1, -0.05) is 0 Å². The molecule has 1 aromatic heterocycles. The standard InChI is InChI=1S/C15H23N3O/c1-12-9-13(11-19)10-16-14(12)17-5-7-18(8-6-17)15(2,3)4/h9-11H,5-8H2,1-4H3. The minimum atomic E-state index is 0.232. The van der Waals surface area contributed by atoms with Gasteiger partial charge in [0.1, 0.15) is 5.82 Å². The predicted octanol–water partition coefficient (Wildman–Crippen LogP) is 2.12. The maximum atomic E-state index is 10.7. The van der Waals surface area contributed by atoms with E-state index in [0.717, 1.165) is 43.8 Å². The molecule has 1 aromatic rings. The Labute approximate surface area is 115 Å². The fraction of sp³-hybridized carbons (Fsp3) is 0.600. The summed E-state index contributed by atoms with van der Waals surface area (Å²) in [5.41, 5.74) is 1.96. The molecule has 0 aliphatic carbocycles. The molecule has 0 aromatic carbocycles. The summed E-state index contributed by atoms with van der Waals surface area (Å²) in [5, 5.41) is 0. The first-order chi connectivity index (χ1) is 8.91. The highest BCUT2D eigenvalue weighted by Crippen LogP contribution is 2.22. The van der Waals surface area contributed by atoms with E-state index >= 15 is 0 Å². The van der Waals surface area contributed by atoms with E-state index in [9.17, 15) is 4.79 Å². The number of carbonyl (C=O) groups is 1. The Kier molecular flexibility index (Phi) is 3.90. The number of aldehydes is 1. The number of pyridine rings is 1. The first kappa shape index (κ1) is 14.0. The van der Waals surface area contributed by atoms with Crippen LogP contribution in [0.4, 0.5) is 5.82 Å². The molecule has 0 bridgehead atoms. The van der Waals surface area contributed by atoms with Crippen LogP contribution < -0.4 is 4.90 Å². The number of hydrogen-bond acceptors (Lipinski definition) is 4. The second-order valence-electron chi connectivity index (χ2n) is 6.17. The molecule has 4 nitrogen and oxygen atoms in total. The van der Waals surface area contributed by atoms with Gasteiger partial charge in [-0.2, -0.15) is 0 Å². The monoisotopic (exact) mass is 261 g/mol. The molecule has 1 aliphatic rings. The summed E-state index contributed by atoms with van der Waals surface area (Å²) in [6, 6.07) is 1.91. The molecule has 0 radical (unpaired) electrons. The lowest BCUT2D eigenvalue weighted by Crippen LogP contribution is -2.53. The normalized spacial score (nSPS) is 17.6. The van der Waals surface area contributed by atoms with Gasteiger partial charge >= 0.3 is 0 Å². The van der Waals surface area contributed by atoms with Crippen molar-refractivity contribution in [3.05, 3.63) is 23.4 Å². The van der Waals surface area contributed by atoms with E-state index in [4.69, 9.17) is 0 Å². The number of rotatable bonds is 2. The third kappa shape index (κ3) is 3.13. The summed E-state index contributed by atoms with van der Waals surface area (Å²) >= 11 is 0. The molecule has 19 heavy (non-hydrogen) atoms. The number of piperazine rings is 1. The summed E-state index contributed by atoms with van der Waals surface area (Å²) in [6.07, 6.45) is 2.51. The molecule has 0 unspecified atom stereocenters. The Morgan fingerprint density at radius 3 is 2.32 bits per heavy atom. The summed E-state index contributed by atoms with van der Waals surface area (Å²) in [5.74, 6) is 1.01. The number of carbonyl (C=O) groups excluding carboxylic acids is 1. The van der Waals surface area contributed by atoms with Crippen LogP contribution in [-0.2, 0) is 0 Å². The Bertz CT molecular complexity index is 457. The maximum absolute atomic E-state index is 10.7. The van der Waals surface area contributed by atoms with Crippen molar-refractivity contribution in [3.8, 4) is 0 Å². The van der Waals surface area contributed by atoms with Gasteiger partial charge in [0.25, 0.3) is 0 Å². The third-order valence-electron chi connectivity index (χ3n) is 3.74. The van der Waals surface area contributed by atoms with E-state index < -0.39 is 0 Å². The van der Waals surface area contributed by atoms with Gasteiger partial charge in [0.05, 0.1) is 0 Å². The van der Waals surface area contributed by atoms with Crippen LogP contribution >= 0.6 is 0 Å². The highest BCUT2D eigenvalue weighted by Gasteiger charge is 2.26. The van der Waals surface area contributed by atoms with Crippen LogP contribution in [-0.4, -0.2) is 47.9 Å². The Balaban J connectivity index is 2.08. The van der Waals surface area contributed by atoms with Gasteiger partial charge < -0.3 is 4.90 Å². The Morgan fingerprint density at radius 2 is 1.84 bits per heavy atom. The lowest BCUT2D eigenvalue weighted by molar-refractivity contribution is 0.112. The zero-order valence-electron chi connectivity index (χ0n) is 12.3. The van der Waals surface area contributed by atoms with Gasteiger partial charge in [-0.05, 0) is 39.3 Å². The molecule has 1 aliphatic heterocycles. The summed E-state index contributed by atoms with van der Waals surface area (Å²) in [6.45, 7) is 12.9. The smallest absolute Gasteiger partial charge is 0.151 e. The lowest BCUT2D eigenvalue weighted by Gasteiger charge is -2.42. The molecule has 1 fully saturated rings. The van der Waals surface area contributed by atoms with E-state index in [1.165, 1.54) is 0 Å². The number of aryl methyl sites for hydroxylation is 1. The van der Waals surface area contributed by atoms with Crippen molar-refractivity contribution >= 4 is 12.1 Å². The largest absolute Gasteiger partial charge is 0.354 e. The predicted molar refractivity (Wildman–Crippen MR) is 77.9 cm³/mol. The molecule has 104 valence electrons. The van der Waals surface area contributed by atoms with Crippen LogP contribution in [0.2, 0.25) is 0 Å². The average Bonchev–Trinajstić information content (AvgIpc) is 2.37. The van der Waals surface area contributed by atoms with Crippen molar-refractivity contribution in [3.63, 3.8) is 0 Å². The van der Waals surface area contributed by atoms with Crippen molar-refractivity contribution in [2.24, 2.45) is 0 Å². The van der Waals surface area contributed by atoms with Crippen molar-refractivity contribution in [2.75, 3.05) is 31.1 Å². The summed E-state index contributed by atoms with van der Waals surface area (Å²) < 4.78 is 0. The van der Waals surface area contributed by atoms with Crippen molar-refractivity contribution in [1.29, 1.82) is 0 Å². The highest BCUT2D eigenvalue weighted by atomic mass is 16.1. The van der Waals surface area contributed by atoms with Crippen LogP contribution in [0.5, 0.6) is 0 Å². The molecule has 0 N–H and O–H groups in total. The summed E-state index contributed by atoms with van der Waals surface area (Å²) in [7, 11) is 0. The number of anilines is 1. The molecule has 0 saturated carbocycles. The Hall–Kier alpha value is -1.42. The van der Waals surface area contributed by atoms with Gasteiger partial charge in [0, 0.05) is 43.5 Å². The van der Waals surface area contributed by atoms with Crippen molar-refractivity contribution in [1.82, 2.24) is 9.88 Å². The lowest BCUT2D eigenvalue weighted by atomic mass is 10.0. The molecule has 2 heterocycles. The quantitative estimate of drug-likeness (QED) is 0.764. The second kappa shape index (κ2) is 5.29. The maximum Gasteiger partial charge on any atom is 0.151 e. The molecular formula is C15H23N3O. The average molecular weight is 261 g/mol. The van der Waals surface area contributed by atoms with Crippen LogP contribution in [0, 0.1) is 6.92 Å². The number of aromatic nitrogens is 1. The number of hydrogen-bond donors (Lipinski definition) is 0. The van der Waals surface area contributed by atoms with Gasteiger partial charge in [0.2, 0.25) is 0 Å². The van der Waals surface area contributed by atoms with Crippen molar-refractivity contribution < 1.29 is 4.79 Å². The molecule has 0 amide bonds. The fourth-order valence-corrected chi connectivity index (χ4v) is 2.57. The zero-order valence-corrected chi connectivity index (χ0v) is 12.3. The molecule has 2 rings (SSSR count). The van der Waals surface area contributed by atoms with Gasteiger partial charge in [-0.3, -0.25) is 9.69 Å².